The molecule has 3 heterocycles. The highest BCUT2D eigenvalue weighted by Gasteiger charge is 2.35. The van der Waals surface area contributed by atoms with Gasteiger partial charge in [0.15, 0.2) is 0 Å². The Labute approximate surface area is 245 Å². The molecule has 42 heavy (non-hydrogen) atoms. The van der Waals surface area contributed by atoms with Gasteiger partial charge in [-0.25, -0.2) is 13.2 Å². The number of methoxy groups -OCH3 is 1. The van der Waals surface area contributed by atoms with Gasteiger partial charge in [0.25, 0.3) is 0 Å². The van der Waals surface area contributed by atoms with Crippen molar-refractivity contribution in [1.29, 1.82) is 0 Å². The Morgan fingerprint density at radius 1 is 1.00 bits per heavy atom. The first-order valence-electron chi connectivity index (χ1n) is 14.7. The Kier molecular flexibility index (Phi) is 10.2. The quantitative estimate of drug-likeness (QED) is 0.309. The third-order valence-electron chi connectivity index (χ3n) is 8.70. The summed E-state index contributed by atoms with van der Waals surface area (Å²) in [6.07, 6.45) is 2.89. The number of benzene rings is 2. The van der Waals surface area contributed by atoms with Crippen LogP contribution in [0.1, 0.15) is 43.0 Å². The number of hydrogen-bond donors (Lipinski definition) is 1. The number of hydrogen-bond acceptors (Lipinski definition) is 7. The minimum absolute atomic E-state index is 0.00181. The number of rotatable bonds is 12. The summed E-state index contributed by atoms with van der Waals surface area (Å²) in [6, 6.07) is 8.71. The summed E-state index contributed by atoms with van der Waals surface area (Å²) in [5.41, 5.74) is 1.89. The van der Waals surface area contributed by atoms with Crippen molar-refractivity contribution in [3.05, 3.63) is 65.4 Å². The molecule has 5 rings (SSSR count). The highest BCUT2D eigenvalue weighted by atomic mass is 19.1. The second kappa shape index (κ2) is 14.0. The summed E-state index contributed by atoms with van der Waals surface area (Å²) in [5, 5.41) is 11.2. The summed E-state index contributed by atoms with van der Waals surface area (Å²) in [7, 11) is 1.60. The molecule has 0 spiro atoms. The predicted octanol–water partition coefficient (Wildman–Crippen LogP) is 5.30. The van der Waals surface area contributed by atoms with Crippen LogP contribution in [-0.2, 0) is 11.3 Å². The SMILES string of the molecule is COc1ccc2ncc(CN3CCOCC3)c([C@@H](F)CCC3(CO)CCN(CCOc4cc(F)cc(F)c4)CC3)c2c1. The van der Waals surface area contributed by atoms with Crippen LogP contribution in [0.4, 0.5) is 13.2 Å². The van der Waals surface area contributed by atoms with E-state index in [1.807, 2.05) is 18.2 Å². The third-order valence-corrected chi connectivity index (χ3v) is 8.70. The fourth-order valence-corrected chi connectivity index (χ4v) is 6.08. The minimum Gasteiger partial charge on any atom is -0.497 e. The maximum Gasteiger partial charge on any atom is 0.129 e. The van der Waals surface area contributed by atoms with Gasteiger partial charge in [0.1, 0.15) is 35.9 Å². The van der Waals surface area contributed by atoms with Crippen LogP contribution in [0.3, 0.4) is 0 Å². The van der Waals surface area contributed by atoms with Crippen LogP contribution >= 0.6 is 0 Å². The number of likely N-dealkylation sites (tertiary alicyclic amines) is 1. The molecular formula is C32H40F3N3O4. The Morgan fingerprint density at radius 2 is 1.74 bits per heavy atom. The van der Waals surface area contributed by atoms with Crippen molar-refractivity contribution in [3.63, 3.8) is 0 Å². The molecule has 2 aromatic carbocycles. The van der Waals surface area contributed by atoms with Crippen LogP contribution in [-0.4, -0.2) is 86.2 Å². The van der Waals surface area contributed by atoms with E-state index in [0.717, 1.165) is 73.7 Å². The molecule has 1 atom stereocenters. The number of nitrogens with zero attached hydrogens (tertiary/aromatic N) is 3. The van der Waals surface area contributed by atoms with E-state index in [9.17, 15) is 13.9 Å². The molecule has 3 aromatic rings. The Hall–Kier alpha value is -2.92. The number of alkyl halides is 1. The molecule has 228 valence electrons. The van der Waals surface area contributed by atoms with Crippen molar-refractivity contribution in [2.75, 3.05) is 66.3 Å². The lowest BCUT2D eigenvalue weighted by atomic mass is 9.74. The normalized spacial score (nSPS) is 18.7. The summed E-state index contributed by atoms with van der Waals surface area (Å²) < 4.78 is 59.7. The molecule has 0 unspecified atom stereocenters. The van der Waals surface area contributed by atoms with Crippen molar-refractivity contribution in [1.82, 2.24) is 14.8 Å². The van der Waals surface area contributed by atoms with E-state index in [1.165, 1.54) is 0 Å². The van der Waals surface area contributed by atoms with E-state index < -0.39 is 17.8 Å². The lowest BCUT2D eigenvalue weighted by Crippen LogP contribution is -2.43. The Bertz CT molecular complexity index is 1310. The van der Waals surface area contributed by atoms with Gasteiger partial charge in [-0.3, -0.25) is 14.8 Å². The number of aliphatic hydroxyl groups excluding tert-OH is 1. The molecule has 2 aliphatic heterocycles. The molecular weight excluding hydrogens is 547 g/mol. The maximum absolute atomic E-state index is 16.4. The topological polar surface area (TPSA) is 67.3 Å². The van der Waals surface area contributed by atoms with E-state index >= 15 is 4.39 Å². The fourth-order valence-electron chi connectivity index (χ4n) is 6.08. The van der Waals surface area contributed by atoms with Crippen LogP contribution in [0.5, 0.6) is 11.5 Å². The first kappa shape index (κ1) is 30.5. The van der Waals surface area contributed by atoms with Gasteiger partial charge in [0.05, 0.1) is 25.8 Å². The lowest BCUT2D eigenvalue weighted by molar-refractivity contribution is 0.0262. The molecule has 2 saturated heterocycles. The molecule has 0 aliphatic carbocycles. The van der Waals surface area contributed by atoms with Gasteiger partial charge < -0.3 is 19.3 Å². The summed E-state index contributed by atoms with van der Waals surface area (Å²) in [6.45, 7) is 5.87. The first-order valence-corrected chi connectivity index (χ1v) is 14.7. The largest absolute Gasteiger partial charge is 0.497 e. The first-order chi connectivity index (χ1) is 20.4. The number of morpholine rings is 1. The third kappa shape index (κ3) is 7.53. The van der Waals surface area contributed by atoms with Gasteiger partial charge in [-0.2, -0.15) is 0 Å². The summed E-state index contributed by atoms with van der Waals surface area (Å²) in [4.78, 5) is 9.11. The number of fused-ring (bicyclic) bond motifs is 1. The van der Waals surface area contributed by atoms with Gasteiger partial charge in [-0.05, 0) is 68.0 Å². The molecule has 1 N–H and O–H groups in total. The second-order valence-corrected chi connectivity index (χ2v) is 11.4. The summed E-state index contributed by atoms with van der Waals surface area (Å²) in [5.74, 6) is -0.521. The molecule has 2 aliphatic rings. The van der Waals surface area contributed by atoms with Crippen molar-refractivity contribution in [2.45, 2.75) is 38.4 Å². The monoisotopic (exact) mass is 587 g/mol. The molecule has 10 heteroatoms. The fraction of sp³-hybridized carbons (Fsp3) is 0.531. The van der Waals surface area contributed by atoms with Crippen LogP contribution in [0.25, 0.3) is 10.9 Å². The van der Waals surface area contributed by atoms with E-state index in [-0.39, 0.29) is 17.8 Å². The predicted molar refractivity (Wildman–Crippen MR) is 155 cm³/mol. The number of piperidine rings is 1. The van der Waals surface area contributed by atoms with Gasteiger partial charge in [0, 0.05) is 68.1 Å². The van der Waals surface area contributed by atoms with Gasteiger partial charge in [-0.1, -0.05) is 0 Å². The van der Waals surface area contributed by atoms with Gasteiger partial charge in [-0.15, -0.1) is 0 Å². The Morgan fingerprint density at radius 3 is 2.43 bits per heavy atom. The van der Waals surface area contributed by atoms with Crippen molar-refractivity contribution < 1.29 is 32.5 Å². The number of pyridine rings is 1. The molecule has 0 saturated carbocycles. The minimum atomic E-state index is -1.22. The van der Waals surface area contributed by atoms with E-state index in [2.05, 4.69) is 14.8 Å². The highest BCUT2D eigenvalue weighted by molar-refractivity contribution is 5.85. The number of aliphatic hydroxyl groups is 1. The zero-order chi connectivity index (χ0) is 29.5. The standard InChI is InChI=1S/C32H40F3N3O4/c1-40-26-2-3-30-28(19-26)31(23(20-36-30)21-38-10-13-41-14-11-38)29(35)4-5-32(22-39)6-8-37(9-7-32)12-15-42-27-17-24(33)16-25(34)18-27/h2-3,16-20,29,39H,4-15,21-22H2,1H3/t29-/m0/s1. The maximum atomic E-state index is 16.4. The van der Waals surface area contributed by atoms with E-state index in [4.69, 9.17) is 14.2 Å². The Balaban J connectivity index is 1.22. The van der Waals surface area contributed by atoms with Crippen LogP contribution < -0.4 is 9.47 Å². The lowest BCUT2D eigenvalue weighted by Gasteiger charge is -2.41. The average molecular weight is 588 g/mol. The van der Waals surface area contributed by atoms with Crippen LogP contribution in [0.2, 0.25) is 0 Å². The van der Waals surface area contributed by atoms with Crippen molar-refractivity contribution in [3.8, 4) is 11.5 Å². The zero-order valence-electron chi connectivity index (χ0n) is 24.2. The molecule has 0 bridgehead atoms. The van der Waals surface area contributed by atoms with E-state index in [1.54, 1.807) is 13.3 Å². The highest BCUT2D eigenvalue weighted by Crippen LogP contribution is 2.41. The smallest absolute Gasteiger partial charge is 0.129 e. The molecule has 7 nitrogen and oxygen atoms in total. The van der Waals surface area contributed by atoms with Crippen molar-refractivity contribution >= 4 is 10.9 Å². The molecule has 2 fully saturated rings. The van der Waals surface area contributed by atoms with Crippen LogP contribution in [0, 0.1) is 17.0 Å². The number of halogens is 3. The summed E-state index contributed by atoms with van der Waals surface area (Å²) >= 11 is 0. The van der Waals surface area contributed by atoms with E-state index in [0.29, 0.717) is 57.1 Å². The average Bonchev–Trinajstić information content (AvgIpc) is 3.00. The van der Waals surface area contributed by atoms with Crippen molar-refractivity contribution in [2.24, 2.45) is 5.41 Å². The number of aromatic nitrogens is 1. The molecule has 1 aromatic heterocycles. The van der Waals surface area contributed by atoms with Gasteiger partial charge >= 0.3 is 0 Å². The number of ether oxygens (including phenoxy) is 3. The van der Waals surface area contributed by atoms with Gasteiger partial charge in [0.2, 0.25) is 0 Å². The zero-order valence-corrected chi connectivity index (χ0v) is 24.2. The molecule has 0 amide bonds. The van der Waals surface area contributed by atoms with Crippen LogP contribution in [0.15, 0.2) is 42.6 Å². The molecule has 0 radical (unpaired) electrons. The second-order valence-electron chi connectivity index (χ2n) is 11.4.